The van der Waals surface area contributed by atoms with E-state index in [1.54, 1.807) is 0 Å². The van der Waals surface area contributed by atoms with Crippen LogP contribution in [0.3, 0.4) is 0 Å². The molecule has 8 heteroatoms. The highest BCUT2D eigenvalue weighted by Gasteiger charge is 2.55. The molecule has 2 aromatic rings. The molecule has 0 radical (unpaired) electrons. The maximum absolute atomic E-state index is 13.0. The number of nitrogens with one attached hydrogen (secondary N) is 2. The number of nitrogens with zero attached hydrogens (tertiary/aromatic N) is 3. The number of aryl methyl sites for hydroxylation is 1. The highest BCUT2D eigenvalue weighted by Crippen LogP contribution is 2.38. The molecule has 4 amide bonds. The van der Waals surface area contributed by atoms with E-state index >= 15 is 0 Å². The molecular weight excluding hydrogens is 394 g/mol. The first-order valence-electron chi connectivity index (χ1n) is 10.8. The van der Waals surface area contributed by atoms with Gasteiger partial charge in [-0.1, -0.05) is 38.0 Å². The van der Waals surface area contributed by atoms with E-state index in [1.165, 1.54) is 0 Å². The number of benzene rings is 1. The molecule has 0 bridgehead atoms. The molecule has 1 spiro atoms. The Bertz CT molecular complexity index is 1020. The Kier molecular flexibility index (Phi) is 5.56. The van der Waals surface area contributed by atoms with Gasteiger partial charge in [0.2, 0.25) is 5.91 Å². The van der Waals surface area contributed by atoms with Gasteiger partial charge in [0.25, 0.3) is 5.91 Å². The lowest BCUT2D eigenvalue weighted by Gasteiger charge is -2.36. The Labute approximate surface area is 182 Å². The molecule has 1 aromatic carbocycles. The van der Waals surface area contributed by atoms with Gasteiger partial charge >= 0.3 is 6.03 Å². The SMILES string of the molecule is Cc1nn(-c2ccccc2)c(C)c1CNC(=O)CN1C(=O)N[C@@]2(CCCC[C@@H]2C)C1=O. The Hall–Kier alpha value is -3.16. The molecule has 164 valence electrons. The van der Waals surface area contributed by atoms with Crippen molar-refractivity contribution in [2.24, 2.45) is 5.92 Å². The molecule has 2 atom stereocenters. The topological polar surface area (TPSA) is 96.3 Å². The third-order valence-electron chi connectivity index (χ3n) is 6.71. The summed E-state index contributed by atoms with van der Waals surface area (Å²) in [5.41, 5.74) is 2.79. The highest BCUT2D eigenvalue weighted by molar-refractivity contribution is 6.09. The number of urea groups is 1. The van der Waals surface area contributed by atoms with Crippen LogP contribution in [0.4, 0.5) is 4.79 Å². The summed E-state index contributed by atoms with van der Waals surface area (Å²) in [6.07, 6.45) is 3.49. The second-order valence-electron chi connectivity index (χ2n) is 8.61. The van der Waals surface area contributed by atoms with E-state index in [0.29, 0.717) is 6.42 Å². The van der Waals surface area contributed by atoms with Crippen molar-refractivity contribution in [3.63, 3.8) is 0 Å². The van der Waals surface area contributed by atoms with E-state index < -0.39 is 11.6 Å². The Morgan fingerprint density at radius 2 is 1.97 bits per heavy atom. The lowest BCUT2D eigenvalue weighted by molar-refractivity contribution is -0.137. The van der Waals surface area contributed by atoms with Gasteiger partial charge in [0.15, 0.2) is 0 Å². The molecule has 8 nitrogen and oxygen atoms in total. The van der Waals surface area contributed by atoms with Crippen molar-refractivity contribution in [3.05, 3.63) is 47.3 Å². The number of para-hydroxylation sites is 1. The predicted octanol–water partition coefficient (Wildman–Crippen LogP) is 2.61. The molecule has 1 saturated carbocycles. The van der Waals surface area contributed by atoms with Gasteiger partial charge in [0.1, 0.15) is 12.1 Å². The standard InChI is InChI=1S/C23H29N5O3/c1-15-9-7-8-12-23(15)21(30)27(22(31)25-23)14-20(29)24-13-19-16(2)26-28(17(19)3)18-10-5-4-6-11-18/h4-6,10-11,15H,7-9,12-14H2,1-3H3,(H,24,29)(H,25,31)/t15-,23+/m0/s1. The maximum atomic E-state index is 13.0. The molecule has 2 heterocycles. The first kappa shape index (κ1) is 21.1. The summed E-state index contributed by atoms with van der Waals surface area (Å²) in [7, 11) is 0. The minimum Gasteiger partial charge on any atom is -0.350 e. The average molecular weight is 424 g/mol. The fraction of sp³-hybridized carbons (Fsp3) is 0.478. The van der Waals surface area contributed by atoms with Crippen molar-refractivity contribution >= 4 is 17.8 Å². The summed E-state index contributed by atoms with van der Waals surface area (Å²) in [5.74, 6) is -0.570. The van der Waals surface area contributed by atoms with Crippen molar-refractivity contribution in [1.82, 2.24) is 25.3 Å². The zero-order chi connectivity index (χ0) is 22.2. The zero-order valence-electron chi connectivity index (χ0n) is 18.3. The third-order valence-corrected chi connectivity index (χ3v) is 6.71. The Balaban J connectivity index is 1.42. The zero-order valence-corrected chi connectivity index (χ0v) is 18.3. The first-order chi connectivity index (χ1) is 14.8. The van der Waals surface area contributed by atoms with E-state index in [2.05, 4.69) is 15.7 Å². The largest absolute Gasteiger partial charge is 0.350 e. The van der Waals surface area contributed by atoms with Crippen molar-refractivity contribution < 1.29 is 14.4 Å². The number of hydrogen-bond acceptors (Lipinski definition) is 4. The molecule has 2 fully saturated rings. The summed E-state index contributed by atoms with van der Waals surface area (Å²) >= 11 is 0. The second-order valence-corrected chi connectivity index (χ2v) is 8.61. The van der Waals surface area contributed by atoms with Crippen LogP contribution in [-0.4, -0.2) is 44.6 Å². The normalized spacial score (nSPS) is 23.3. The fourth-order valence-electron chi connectivity index (χ4n) is 4.78. The molecule has 0 unspecified atom stereocenters. The van der Waals surface area contributed by atoms with E-state index in [9.17, 15) is 14.4 Å². The second kappa shape index (κ2) is 8.17. The fourth-order valence-corrected chi connectivity index (χ4v) is 4.78. The maximum Gasteiger partial charge on any atom is 0.325 e. The van der Waals surface area contributed by atoms with Crippen LogP contribution in [0.15, 0.2) is 30.3 Å². The Morgan fingerprint density at radius 1 is 1.23 bits per heavy atom. The van der Waals surface area contributed by atoms with Crippen LogP contribution in [0.5, 0.6) is 0 Å². The summed E-state index contributed by atoms with van der Waals surface area (Å²) in [6, 6.07) is 9.32. The molecule has 1 saturated heterocycles. The minimum atomic E-state index is -0.848. The van der Waals surface area contributed by atoms with E-state index in [4.69, 9.17) is 0 Å². The highest BCUT2D eigenvalue weighted by atomic mass is 16.2. The molecule has 1 aliphatic heterocycles. The van der Waals surface area contributed by atoms with Crippen LogP contribution in [0.25, 0.3) is 5.69 Å². The van der Waals surface area contributed by atoms with Crippen LogP contribution in [0.2, 0.25) is 0 Å². The smallest absolute Gasteiger partial charge is 0.325 e. The van der Waals surface area contributed by atoms with Crippen LogP contribution in [0.1, 0.15) is 49.6 Å². The first-order valence-corrected chi connectivity index (χ1v) is 10.8. The van der Waals surface area contributed by atoms with Crippen molar-refractivity contribution in [3.8, 4) is 5.69 Å². The van der Waals surface area contributed by atoms with Crippen molar-refractivity contribution in [2.45, 2.75) is 58.5 Å². The van der Waals surface area contributed by atoms with Gasteiger partial charge in [0, 0.05) is 17.8 Å². The van der Waals surface area contributed by atoms with Crippen LogP contribution < -0.4 is 10.6 Å². The molecule has 1 aliphatic carbocycles. The van der Waals surface area contributed by atoms with E-state index in [-0.39, 0.29) is 30.8 Å². The lowest BCUT2D eigenvalue weighted by Crippen LogP contribution is -2.54. The molecule has 2 aliphatic rings. The molecule has 31 heavy (non-hydrogen) atoms. The minimum absolute atomic E-state index is 0.0693. The van der Waals surface area contributed by atoms with E-state index in [1.807, 2.05) is 55.8 Å². The van der Waals surface area contributed by atoms with Gasteiger partial charge in [-0.05, 0) is 44.7 Å². The monoisotopic (exact) mass is 423 g/mol. The summed E-state index contributed by atoms with van der Waals surface area (Å²) in [4.78, 5) is 39.2. The van der Waals surface area contributed by atoms with E-state index in [0.717, 1.165) is 46.8 Å². The molecule has 4 rings (SSSR count). The van der Waals surface area contributed by atoms with Gasteiger partial charge in [-0.2, -0.15) is 5.10 Å². The van der Waals surface area contributed by atoms with Crippen LogP contribution >= 0.6 is 0 Å². The predicted molar refractivity (Wildman–Crippen MR) is 115 cm³/mol. The summed E-state index contributed by atoms with van der Waals surface area (Å²) in [6.45, 7) is 5.87. The Morgan fingerprint density at radius 3 is 2.68 bits per heavy atom. The van der Waals surface area contributed by atoms with Crippen LogP contribution in [-0.2, 0) is 16.1 Å². The lowest BCUT2D eigenvalue weighted by atomic mass is 9.73. The molecule has 2 N–H and O–H groups in total. The van der Waals surface area contributed by atoms with Gasteiger partial charge in [-0.25, -0.2) is 9.48 Å². The number of amides is 4. The third kappa shape index (κ3) is 3.71. The number of carbonyl (C=O) groups excluding carboxylic acids is 3. The number of hydrogen-bond donors (Lipinski definition) is 2. The summed E-state index contributed by atoms with van der Waals surface area (Å²) < 4.78 is 1.85. The number of rotatable bonds is 5. The number of imide groups is 1. The van der Waals surface area contributed by atoms with Gasteiger partial charge in [-0.15, -0.1) is 0 Å². The van der Waals surface area contributed by atoms with Crippen molar-refractivity contribution in [1.29, 1.82) is 0 Å². The molecular formula is C23H29N5O3. The molecule has 1 aromatic heterocycles. The average Bonchev–Trinajstić information content (AvgIpc) is 3.17. The summed E-state index contributed by atoms with van der Waals surface area (Å²) in [5, 5.41) is 10.3. The number of aromatic nitrogens is 2. The van der Waals surface area contributed by atoms with Crippen LogP contribution in [0, 0.1) is 19.8 Å². The van der Waals surface area contributed by atoms with Crippen molar-refractivity contribution in [2.75, 3.05) is 6.54 Å². The quantitative estimate of drug-likeness (QED) is 0.723. The number of carbonyl (C=O) groups is 3. The van der Waals surface area contributed by atoms with Gasteiger partial charge < -0.3 is 10.6 Å². The van der Waals surface area contributed by atoms with Gasteiger partial charge in [-0.3, -0.25) is 14.5 Å². The van der Waals surface area contributed by atoms with Gasteiger partial charge in [0.05, 0.1) is 11.4 Å².